The van der Waals surface area contributed by atoms with E-state index in [0.717, 1.165) is 29.7 Å². The van der Waals surface area contributed by atoms with E-state index < -0.39 is 35.0 Å². The molecule has 1 aromatic rings. The van der Waals surface area contributed by atoms with Crippen LogP contribution in [0.25, 0.3) is 0 Å². The maximum atomic E-state index is 13.0. The lowest BCUT2D eigenvalue weighted by Crippen LogP contribution is -2.74. The summed E-state index contributed by atoms with van der Waals surface area (Å²) in [7, 11) is 3.66. The van der Waals surface area contributed by atoms with Gasteiger partial charge in [0, 0.05) is 24.6 Å². The normalized spacial score (nSPS) is 29.6. The topological polar surface area (TPSA) is 137 Å². The number of carbonyl (C=O) groups is 3. The van der Waals surface area contributed by atoms with Crippen molar-refractivity contribution in [3.8, 4) is 11.5 Å². The van der Waals surface area contributed by atoms with Crippen LogP contribution in [-0.4, -0.2) is 83.9 Å². The molecule has 5 rings (SSSR count). The maximum Gasteiger partial charge on any atom is 0.326 e. The molecule has 1 spiro atoms. The van der Waals surface area contributed by atoms with E-state index in [-0.39, 0.29) is 37.3 Å². The Bertz CT molecular complexity index is 1200. The molecule has 4 aliphatic rings. The van der Waals surface area contributed by atoms with Crippen LogP contribution in [-0.2, 0) is 26.2 Å². The highest BCUT2D eigenvalue weighted by molar-refractivity contribution is 5.84. The Morgan fingerprint density at radius 2 is 2.03 bits per heavy atom. The van der Waals surface area contributed by atoms with Crippen molar-refractivity contribution in [3.05, 3.63) is 34.9 Å². The average molecular weight is 528 g/mol. The van der Waals surface area contributed by atoms with E-state index >= 15 is 0 Å². The van der Waals surface area contributed by atoms with Crippen molar-refractivity contribution >= 4 is 17.8 Å². The number of likely N-dealkylation sites (tertiary alicyclic amines) is 1. The number of nitrogens with zero attached hydrogens (tertiary/aromatic N) is 1. The summed E-state index contributed by atoms with van der Waals surface area (Å²) in [5.41, 5.74) is 1.31. The molecule has 206 valence electrons. The van der Waals surface area contributed by atoms with Crippen molar-refractivity contribution in [1.82, 2.24) is 15.5 Å². The summed E-state index contributed by atoms with van der Waals surface area (Å²) in [5, 5.41) is 26.8. The number of amides is 2. The first-order valence-corrected chi connectivity index (χ1v) is 13.3. The Labute approximate surface area is 222 Å². The van der Waals surface area contributed by atoms with E-state index in [9.17, 15) is 24.6 Å². The molecule has 1 fully saturated rings. The van der Waals surface area contributed by atoms with Crippen LogP contribution in [0.15, 0.2) is 23.8 Å². The fraction of sp³-hybridized carbons (Fsp3) is 0.607. The highest BCUT2D eigenvalue weighted by Crippen LogP contribution is 2.65. The third-order valence-electron chi connectivity index (χ3n) is 8.99. The number of rotatable bonds is 9. The number of carboxylic acid groups (broad SMARTS) is 1. The minimum Gasteiger partial charge on any atom is -0.493 e. The molecule has 2 unspecified atom stereocenters. The minimum atomic E-state index is -1.09. The number of carbonyl (C=O) groups excluding carboxylic acids is 2. The predicted octanol–water partition coefficient (Wildman–Crippen LogP) is 1.14. The number of aliphatic hydroxyl groups is 1. The summed E-state index contributed by atoms with van der Waals surface area (Å²) in [6.07, 6.45) is 3.38. The number of hydrogen-bond acceptors (Lipinski definition) is 7. The Morgan fingerprint density at radius 3 is 2.71 bits per heavy atom. The lowest BCUT2D eigenvalue weighted by Gasteiger charge is -2.62. The largest absolute Gasteiger partial charge is 0.493 e. The smallest absolute Gasteiger partial charge is 0.326 e. The second-order valence-electron chi connectivity index (χ2n) is 11.4. The standard InChI is InChI=1S/C28H37N3O7/c1-15(2)23(26(34)35)30-20(32)8-11-29-21(33)14-17-7-9-28(36)19-13-16-5-6-18(37-4)24-22(16)27(28,25(17)38-24)10-12-31(19)3/h5-7,15,19,23,25,36H,8-14H2,1-4H3,(H,29,33)(H,30,32)(H,34,35)/t19-,23?,25?,27+,28-/m1/s1. The van der Waals surface area contributed by atoms with Gasteiger partial charge < -0.3 is 35.2 Å². The van der Waals surface area contributed by atoms with E-state index in [1.54, 1.807) is 21.0 Å². The van der Waals surface area contributed by atoms with Crippen molar-refractivity contribution in [2.45, 2.75) is 75.2 Å². The van der Waals surface area contributed by atoms with Gasteiger partial charge >= 0.3 is 5.97 Å². The van der Waals surface area contributed by atoms with Gasteiger partial charge in [0.05, 0.1) is 24.5 Å². The van der Waals surface area contributed by atoms with Crippen LogP contribution >= 0.6 is 0 Å². The molecule has 2 aliphatic carbocycles. The molecule has 2 bridgehead atoms. The number of methoxy groups -OCH3 is 1. The van der Waals surface area contributed by atoms with Crippen LogP contribution in [0, 0.1) is 5.92 Å². The van der Waals surface area contributed by atoms with Crippen LogP contribution in [0.5, 0.6) is 11.5 Å². The maximum absolute atomic E-state index is 13.0. The zero-order chi connectivity index (χ0) is 27.4. The van der Waals surface area contributed by atoms with E-state index in [1.165, 1.54) is 0 Å². The van der Waals surface area contributed by atoms with Crippen LogP contribution in [0.4, 0.5) is 0 Å². The number of hydrogen-bond donors (Lipinski definition) is 4. The van der Waals surface area contributed by atoms with Crippen molar-refractivity contribution < 1.29 is 34.1 Å². The number of nitrogens with one attached hydrogen (secondary N) is 2. The molecule has 0 aromatic heterocycles. The van der Waals surface area contributed by atoms with Crippen LogP contribution < -0.4 is 20.1 Å². The molecule has 0 saturated carbocycles. The van der Waals surface area contributed by atoms with Gasteiger partial charge in [-0.3, -0.25) is 9.59 Å². The molecule has 10 heteroatoms. The van der Waals surface area contributed by atoms with Gasteiger partial charge in [0.15, 0.2) is 11.5 Å². The third-order valence-corrected chi connectivity index (χ3v) is 8.99. The molecule has 38 heavy (non-hydrogen) atoms. The van der Waals surface area contributed by atoms with Crippen molar-refractivity contribution in [1.29, 1.82) is 0 Å². The van der Waals surface area contributed by atoms with Crippen molar-refractivity contribution in [2.24, 2.45) is 5.92 Å². The zero-order valence-corrected chi connectivity index (χ0v) is 22.4. The van der Waals surface area contributed by atoms with E-state index in [0.29, 0.717) is 24.3 Å². The molecule has 1 aromatic carbocycles. The molecular formula is C28H37N3O7. The van der Waals surface area contributed by atoms with Gasteiger partial charge in [-0.15, -0.1) is 0 Å². The number of ether oxygens (including phenoxy) is 2. The Morgan fingerprint density at radius 1 is 1.26 bits per heavy atom. The predicted molar refractivity (Wildman–Crippen MR) is 138 cm³/mol. The van der Waals surface area contributed by atoms with E-state index in [4.69, 9.17) is 9.47 Å². The van der Waals surface area contributed by atoms with Crippen LogP contribution in [0.1, 0.15) is 50.7 Å². The molecule has 1 saturated heterocycles. The number of piperidine rings is 1. The Hall–Kier alpha value is -3.11. The number of likely N-dealkylation sites (N-methyl/N-ethyl adjacent to an activating group) is 1. The SMILES string of the molecule is COc1ccc2c3c1OC1C(CC(=O)NCCC(=O)NC(C(=O)O)C(C)C)=CC[C@@]4(O)[C@@H](C2)N(C)CC[C@]314. The number of carboxylic acids is 1. The van der Waals surface area contributed by atoms with Gasteiger partial charge in [-0.25, -0.2) is 4.79 Å². The van der Waals surface area contributed by atoms with Gasteiger partial charge in [-0.1, -0.05) is 26.0 Å². The Balaban J connectivity index is 1.32. The van der Waals surface area contributed by atoms with Gasteiger partial charge in [0.2, 0.25) is 11.8 Å². The molecular weight excluding hydrogens is 490 g/mol. The van der Waals surface area contributed by atoms with Crippen LogP contribution in [0.2, 0.25) is 0 Å². The monoisotopic (exact) mass is 527 g/mol. The Kier molecular flexibility index (Phi) is 6.67. The van der Waals surface area contributed by atoms with E-state index in [2.05, 4.69) is 28.6 Å². The lowest BCUT2D eigenvalue weighted by atomic mass is 9.49. The summed E-state index contributed by atoms with van der Waals surface area (Å²) >= 11 is 0. The first kappa shape index (κ1) is 26.5. The van der Waals surface area contributed by atoms with Gasteiger partial charge in [0.1, 0.15) is 12.1 Å². The second kappa shape index (κ2) is 9.57. The van der Waals surface area contributed by atoms with E-state index in [1.807, 2.05) is 12.1 Å². The van der Waals surface area contributed by atoms with Gasteiger partial charge in [-0.2, -0.15) is 0 Å². The van der Waals surface area contributed by atoms with Crippen LogP contribution in [0.3, 0.4) is 0 Å². The average Bonchev–Trinajstić information content (AvgIpc) is 3.22. The first-order chi connectivity index (χ1) is 18.0. The number of aliphatic carboxylic acids is 1. The molecule has 2 aliphatic heterocycles. The summed E-state index contributed by atoms with van der Waals surface area (Å²) in [6, 6.07) is 2.96. The molecule has 2 heterocycles. The highest BCUT2D eigenvalue weighted by Gasteiger charge is 2.71. The summed E-state index contributed by atoms with van der Waals surface area (Å²) in [5.74, 6) is -0.728. The summed E-state index contributed by atoms with van der Waals surface area (Å²) in [4.78, 5) is 38.7. The quantitative estimate of drug-likeness (QED) is 0.351. The summed E-state index contributed by atoms with van der Waals surface area (Å²) in [6.45, 7) is 4.35. The molecule has 2 amide bonds. The molecule has 5 atom stereocenters. The van der Waals surface area contributed by atoms with Gasteiger partial charge in [-0.05, 0) is 56.0 Å². The minimum absolute atomic E-state index is 0.0229. The molecule has 10 nitrogen and oxygen atoms in total. The molecule has 0 radical (unpaired) electrons. The van der Waals surface area contributed by atoms with Crippen molar-refractivity contribution in [3.63, 3.8) is 0 Å². The first-order valence-electron chi connectivity index (χ1n) is 13.3. The number of benzene rings is 1. The fourth-order valence-corrected chi connectivity index (χ4v) is 7.10. The summed E-state index contributed by atoms with van der Waals surface area (Å²) < 4.78 is 12.2. The highest BCUT2D eigenvalue weighted by atomic mass is 16.5. The lowest BCUT2D eigenvalue weighted by molar-refractivity contribution is -0.158. The zero-order valence-electron chi connectivity index (χ0n) is 22.4. The second-order valence-corrected chi connectivity index (χ2v) is 11.4. The molecule has 4 N–H and O–H groups in total. The fourth-order valence-electron chi connectivity index (χ4n) is 7.10. The van der Waals surface area contributed by atoms with Crippen molar-refractivity contribution in [2.75, 3.05) is 27.2 Å². The third kappa shape index (κ3) is 3.88. The van der Waals surface area contributed by atoms with Gasteiger partial charge in [0.25, 0.3) is 0 Å².